The van der Waals surface area contributed by atoms with E-state index in [-0.39, 0.29) is 0 Å². The van der Waals surface area contributed by atoms with Crippen molar-refractivity contribution in [3.8, 4) is 0 Å². The standard InChI is InChI=1S/C6H9O2/c1-3-5(4-2)6(7)8/h3,5H,1-2,4H2,(H,7,8). The van der Waals surface area contributed by atoms with Crippen LogP contribution < -0.4 is 0 Å². The fraction of sp³-hybridized carbons (Fsp3) is 0.333. The highest BCUT2D eigenvalue weighted by Gasteiger charge is 2.07. The second-order valence-corrected chi connectivity index (χ2v) is 1.47. The summed E-state index contributed by atoms with van der Waals surface area (Å²) in [5.41, 5.74) is 0. The highest BCUT2D eigenvalue weighted by atomic mass is 16.4. The largest absolute Gasteiger partial charge is 0.481 e. The smallest absolute Gasteiger partial charge is 0.310 e. The Hall–Kier alpha value is -0.790. The number of aliphatic carboxylic acids is 1. The van der Waals surface area contributed by atoms with Crippen LogP contribution >= 0.6 is 0 Å². The average molecular weight is 113 g/mol. The summed E-state index contributed by atoms with van der Waals surface area (Å²) in [5.74, 6) is -1.33. The van der Waals surface area contributed by atoms with Gasteiger partial charge in [0.25, 0.3) is 0 Å². The molecule has 1 unspecified atom stereocenters. The minimum Gasteiger partial charge on any atom is -0.481 e. The molecule has 1 radical (unpaired) electrons. The predicted molar refractivity (Wildman–Crippen MR) is 31.3 cm³/mol. The van der Waals surface area contributed by atoms with E-state index in [1.807, 2.05) is 0 Å². The van der Waals surface area contributed by atoms with Gasteiger partial charge < -0.3 is 5.11 Å². The van der Waals surface area contributed by atoms with E-state index in [1.165, 1.54) is 6.08 Å². The number of carboxylic acid groups (broad SMARTS) is 1. The van der Waals surface area contributed by atoms with E-state index in [1.54, 1.807) is 0 Å². The molecule has 0 amide bonds. The fourth-order valence-electron chi connectivity index (χ4n) is 0.342. The average Bonchev–Trinajstić information content (AvgIpc) is 1.69. The van der Waals surface area contributed by atoms with Crippen molar-refractivity contribution in [2.75, 3.05) is 0 Å². The molecular formula is C6H9O2. The molecule has 0 aliphatic carbocycles. The first-order chi connectivity index (χ1) is 3.72. The number of carbonyl (C=O) groups is 1. The summed E-state index contributed by atoms with van der Waals surface area (Å²) < 4.78 is 0. The van der Waals surface area contributed by atoms with Gasteiger partial charge in [-0.3, -0.25) is 4.79 Å². The molecule has 0 aromatic rings. The maximum atomic E-state index is 10.1. The molecule has 0 bridgehead atoms. The second-order valence-electron chi connectivity index (χ2n) is 1.47. The molecule has 1 N–H and O–H groups in total. The van der Waals surface area contributed by atoms with Crippen LogP contribution in [-0.2, 0) is 4.79 Å². The third kappa shape index (κ3) is 1.78. The number of carboxylic acids is 1. The van der Waals surface area contributed by atoms with Crippen molar-refractivity contribution in [2.24, 2.45) is 5.92 Å². The third-order valence-corrected chi connectivity index (χ3v) is 0.913. The van der Waals surface area contributed by atoms with Gasteiger partial charge in [-0.1, -0.05) is 13.0 Å². The Morgan fingerprint density at radius 3 is 2.38 bits per heavy atom. The van der Waals surface area contributed by atoms with Gasteiger partial charge in [0.15, 0.2) is 0 Å². The molecule has 0 fully saturated rings. The van der Waals surface area contributed by atoms with Crippen LogP contribution in [0.1, 0.15) is 6.42 Å². The molecule has 0 heterocycles. The van der Waals surface area contributed by atoms with Crippen LogP contribution in [-0.4, -0.2) is 11.1 Å². The van der Waals surface area contributed by atoms with E-state index in [0.717, 1.165) is 0 Å². The van der Waals surface area contributed by atoms with Gasteiger partial charge in [0.05, 0.1) is 5.92 Å². The molecule has 2 heteroatoms. The van der Waals surface area contributed by atoms with Crippen LogP contribution in [0.15, 0.2) is 12.7 Å². The number of rotatable bonds is 3. The molecule has 2 nitrogen and oxygen atoms in total. The lowest BCUT2D eigenvalue weighted by Crippen LogP contribution is -2.08. The molecule has 45 valence electrons. The summed E-state index contributed by atoms with van der Waals surface area (Å²) in [6.45, 7) is 6.76. The second kappa shape index (κ2) is 3.24. The van der Waals surface area contributed by atoms with Crippen LogP contribution in [0.3, 0.4) is 0 Å². The van der Waals surface area contributed by atoms with Crippen LogP contribution in [0.4, 0.5) is 0 Å². The monoisotopic (exact) mass is 113 g/mol. The lowest BCUT2D eigenvalue weighted by Gasteiger charge is -1.98. The third-order valence-electron chi connectivity index (χ3n) is 0.913. The Bertz CT molecular complexity index is 96.7. The Morgan fingerprint density at radius 2 is 2.38 bits per heavy atom. The van der Waals surface area contributed by atoms with Gasteiger partial charge in [0, 0.05) is 0 Å². The maximum Gasteiger partial charge on any atom is 0.310 e. The summed E-state index contributed by atoms with van der Waals surface area (Å²) in [6, 6.07) is 0. The zero-order valence-corrected chi connectivity index (χ0v) is 4.63. The van der Waals surface area contributed by atoms with E-state index < -0.39 is 11.9 Å². The minimum atomic E-state index is -0.852. The molecule has 0 saturated carbocycles. The lowest BCUT2D eigenvalue weighted by molar-refractivity contribution is -0.139. The summed E-state index contributed by atoms with van der Waals surface area (Å²) in [5, 5.41) is 8.26. The van der Waals surface area contributed by atoms with Gasteiger partial charge in [-0.15, -0.1) is 6.58 Å². The van der Waals surface area contributed by atoms with Crippen molar-refractivity contribution in [1.82, 2.24) is 0 Å². The molecule has 1 atom stereocenters. The van der Waals surface area contributed by atoms with Gasteiger partial charge in [-0.2, -0.15) is 0 Å². The SMILES string of the molecule is [CH2]CC(C=C)C(=O)O. The van der Waals surface area contributed by atoms with Gasteiger partial charge >= 0.3 is 5.97 Å². The lowest BCUT2D eigenvalue weighted by atomic mass is 10.1. The van der Waals surface area contributed by atoms with E-state index in [4.69, 9.17) is 5.11 Å². The quantitative estimate of drug-likeness (QED) is 0.556. The molecule has 0 aromatic heterocycles. The van der Waals surface area contributed by atoms with Crippen molar-refractivity contribution < 1.29 is 9.90 Å². The van der Waals surface area contributed by atoms with E-state index >= 15 is 0 Å². The Labute approximate surface area is 48.8 Å². The molecular weight excluding hydrogens is 104 g/mol. The molecule has 0 rings (SSSR count). The van der Waals surface area contributed by atoms with Crippen molar-refractivity contribution in [1.29, 1.82) is 0 Å². The van der Waals surface area contributed by atoms with Gasteiger partial charge in [0.1, 0.15) is 0 Å². The number of hydrogen-bond donors (Lipinski definition) is 1. The van der Waals surface area contributed by atoms with Crippen LogP contribution in [0.5, 0.6) is 0 Å². The predicted octanol–water partition coefficient (Wildman–Crippen LogP) is 1.10. The van der Waals surface area contributed by atoms with E-state index in [9.17, 15) is 4.79 Å². The minimum absolute atomic E-state index is 0.374. The molecule has 0 aromatic carbocycles. The van der Waals surface area contributed by atoms with Crippen LogP contribution in [0.2, 0.25) is 0 Å². The van der Waals surface area contributed by atoms with Crippen LogP contribution in [0, 0.1) is 12.8 Å². The zero-order valence-electron chi connectivity index (χ0n) is 4.63. The zero-order chi connectivity index (χ0) is 6.57. The fourth-order valence-corrected chi connectivity index (χ4v) is 0.342. The highest BCUT2D eigenvalue weighted by molar-refractivity contribution is 5.71. The molecule has 0 saturated heterocycles. The van der Waals surface area contributed by atoms with Gasteiger partial charge in [-0.25, -0.2) is 0 Å². The highest BCUT2D eigenvalue weighted by Crippen LogP contribution is 2.01. The van der Waals surface area contributed by atoms with E-state index in [0.29, 0.717) is 6.42 Å². The molecule has 8 heavy (non-hydrogen) atoms. The van der Waals surface area contributed by atoms with Gasteiger partial charge in [-0.05, 0) is 6.42 Å². The normalized spacial score (nSPS) is 12.6. The first-order valence-corrected chi connectivity index (χ1v) is 2.37. The van der Waals surface area contributed by atoms with Crippen molar-refractivity contribution in [3.05, 3.63) is 19.6 Å². The van der Waals surface area contributed by atoms with E-state index in [2.05, 4.69) is 13.5 Å². The van der Waals surface area contributed by atoms with Gasteiger partial charge in [0.2, 0.25) is 0 Å². The Kier molecular flexibility index (Phi) is 2.92. The molecule has 0 aliphatic heterocycles. The number of hydrogen-bond acceptors (Lipinski definition) is 1. The maximum absolute atomic E-state index is 10.1. The topological polar surface area (TPSA) is 37.3 Å². The summed E-state index contributed by atoms with van der Waals surface area (Å²) in [6.07, 6.45) is 1.76. The summed E-state index contributed by atoms with van der Waals surface area (Å²) in [4.78, 5) is 10.1. The van der Waals surface area contributed by atoms with Crippen molar-refractivity contribution >= 4 is 5.97 Å². The van der Waals surface area contributed by atoms with Crippen molar-refractivity contribution in [3.63, 3.8) is 0 Å². The molecule has 0 spiro atoms. The Morgan fingerprint density at radius 1 is 1.88 bits per heavy atom. The first-order valence-electron chi connectivity index (χ1n) is 2.37. The summed E-state index contributed by atoms with van der Waals surface area (Å²) >= 11 is 0. The van der Waals surface area contributed by atoms with Crippen LogP contribution in [0.25, 0.3) is 0 Å². The summed E-state index contributed by atoms with van der Waals surface area (Å²) in [7, 11) is 0. The van der Waals surface area contributed by atoms with Crippen molar-refractivity contribution in [2.45, 2.75) is 6.42 Å². The first kappa shape index (κ1) is 7.21. The Balaban J connectivity index is 3.69. The molecule has 0 aliphatic rings.